The van der Waals surface area contributed by atoms with Gasteiger partial charge in [-0.2, -0.15) is 0 Å². The van der Waals surface area contributed by atoms with Crippen molar-refractivity contribution in [3.63, 3.8) is 0 Å². The fraction of sp³-hybridized carbons (Fsp3) is 0.632. The van der Waals surface area contributed by atoms with E-state index in [1.165, 1.54) is 37.7 Å². The van der Waals surface area contributed by atoms with Gasteiger partial charge in [-0.05, 0) is 31.5 Å². The van der Waals surface area contributed by atoms with Crippen LogP contribution in [0.3, 0.4) is 0 Å². The minimum Gasteiger partial charge on any atom is -0.383 e. The highest BCUT2D eigenvalue weighted by atomic mass is 16.5. The molecule has 1 saturated carbocycles. The topological polar surface area (TPSA) is 44.8 Å². The average molecular weight is 333 g/mol. The van der Waals surface area contributed by atoms with E-state index < -0.39 is 0 Å². The van der Waals surface area contributed by atoms with Crippen LogP contribution in [0.15, 0.2) is 24.3 Å². The largest absolute Gasteiger partial charge is 0.383 e. The van der Waals surface area contributed by atoms with Crippen LogP contribution in [0.5, 0.6) is 0 Å². The smallest absolute Gasteiger partial charge is 0.321 e. The number of para-hydroxylation sites is 1. The van der Waals surface area contributed by atoms with Crippen molar-refractivity contribution in [1.29, 1.82) is 0 Å². The number of hydrogen-bond acceptors (Lipinski definition) is 3. The van der Waals surface area contributed by atoms with Crippen molar-refractivity contribution in [2.45, 2.75) is 44.7 Å². The van der Waals surface area contributed by atoms with Crippen LogP contribution >= 0.6 is 0 Å². The van der Waals surface area contributed by atoms with Gasteiger partial charge in [0, 0.05) is 39.0 Å². The van der Waals surface area contributed by atoms with Gasteiger partial charge in [0.1, 0.15) is 0 Å². The van der Waals surface area contributed by atoms with E-state index in [0.29, 0.717) is 19.2 Å². The monoisotopic (exact) mass is 333 g/mol. The van der Waals surface area contributed by atoms with Gasteiger partial charge in [0.2, 0.25) is 0 Å². The van der Waals surface area contributed by atoms with Gasteiger partial charge in [-0.15, -0.1) is 0 Å². The van der Waals surface area contributed by atoms with E-state index in [1.807, 2.05) is 18.2 Å². The number of rotatable bonds is 7. The van der Waals surface area contributed by atoms with Gasteiger partial charge in [0.25, 0.3) is 0 Å². The third-order valence-electron chi connectivity index (χ3n) is 4.85. The van der Waals surface area contributed by atoms with Crippen LogP contribution in [0.2, 0.25) is 0 Å². The lowest BCUT2D eigenvalue weighted by Crippen LogP contribution is -2.35. The maximum absolute atomic E-state index is 12.3. The fourth-order valence-electron chi connectivity index (χ4n) is 3.24. The highest BCUT2D eigenvalue weighted by Gasteiger charge is 2.19. The van der Waals surface area contributed by atoms with Crippen LogP contribution in [0.1, 0.15) is 37.7 Å². The molecule has 5 heteroatoms. The molecule has 0 atom stereocenters. The maximum atomic E-state index is 12.3. The van der Waals surface area contributed by atoms with Crippen molar-refractivity contribution in [3.8, 4) is 0 Å². The quantitative estimate of drug-likeness (QED) is 0.830. The summed E-state index contributed by atoms with van der Waals surface area (Å²) in [6, 6.07) is 8.64. The van der Waals surface area contributed by atoms with Gasteiger partial charge in [0.15, 0.2) is 0 Å². The maximum Gasteiger partial charge on any atom is 0.321 e. The third kappa shape index (κ3) is 5.49. The van der Waals surface area contributed by atoms with Crippen molar-refractivity contribution in [1.82, 2.24) is 9.80 Å². The summed E-state index contributed by atoms with van der Waals surface area (Å²) >= 11 is 0. The van der Waals surface area contributed by atoms with Crippen LogP contribution in [-0.2, 0) is 11.3 Å². The van der Waals surface area contributed by atoms with Crippen molar-refractivity contribution >= 4 is 11.7 Å². The Morgan fingerprint density at radius 2 is 1.92 bits per heavy atom. The molecule has 0 aromatic heterocycles. The molecule has 1 fully saturated rings. The molecule has 0 spiro atoms. The number of urea groups is 1. The van der Waals surface area contributed by atoms with Gasteiger partial charge < -0.3 is 15.0 Å². The zero-order valence-electron chi connectivity index (χ0n) is 15.3. The van der Waals surface area contributed by atoms with Crippen LogP contribution in [-0.4, -0.2) is 56.2 Å². The number of hydrogen-bond donors (Lipinski definition) is 1. The molecule has 1 aliphatic rings. The first-order valence-electron chi connectivity index (χ1n) is 8.91. The van der Waals surface area contributed by atoms with Crippen molar-refractivity contribution in [3.05, 3.63) is 29.8 Å². The summed E-state index contributed by atoms with van der Waals surface area (Å²) in [5, 5.41) is 3.03. The predicted molar refractivity (Wildman–Crippen MR) is 98.3 cm³/mol. The van der Waals surface area contributed by atoms with Gasteiger partial charge in [-0.25, -0.2) is 4.79 Å². The molecule has 0 aliphatic heterocycles. The normalized spacial score (nSPS) is 15.5. The summed E-state index contributed by atoms with van der Waals surface area (Å²) in [7, 11) is 5.62. The van der Waals surface area contributed by atoms with E-state index in [9.17, 15) is 4.79 Å². The number of carbonyl (C=O) groups is 1. The number of methoxy groups -OCH3 is 1. The molecule has 1 aromatic rings. The Labute approximate surface area is 146 Å². The number of amides is 2. The van der Waals surface area contributed by atoms with Crippen molar-refractivity contribution in [2.24, 2.45) is 0 Å². The number of benzene rings is 1. The summed E-state index contributed by atoms with van der Waals surface area (Å²) in [6.45, 7) is 1.98. The van der Waals surface area contributed by atoms with E-state index in [4.69, 9.17) is 4.74 Å². The van der Waals surface area contributed by atoms with Crippen molar-refractivity contribution in [2.75, 3.05) is 39.7 Å². The Bertz CT molecular complexity index is 515. The predicted octanol–water partition coefficient (Wildman–Crippen LogP) is 3.56. The van der Waals surface area contributed by atoms with Crippen LogP contribution in [0.25, 0.3) is 0 Å². The molecule has 24 heavy (non-hydrogen) atoms. The Hall–Kier alpha value is -1.59. The second-order valence-corrected chi connectivity index (χ2v) is 6.71. The summed E-state index contributed by atoms with van der Waals surface area (Å²) in [6.07, 6.45) is 6.59. The summed E-state index contributed by atoms with van der Waals surface area (Å²) in [5.74, 6) is 0. The second-order valence-electron chi connectivity index (χ2n) is 6.71. The Morgan fingerprint density at radius 3 is 2.62 bits per heavy atom. The zero-order chi connectivity index (χ0) is 17.4. The fourth-order valence-corrected chi connectivity index (χ4v) is 3.24. The van der Waals surface area contributed by atoms with Gasteiger partial charge in [-0.1, -0.05) is 37.5 Å². The Kier molecular flexibility index (Phi) is 7.53. The first-order valence-corrected chi connectivity index (χ1v) is 8.91. The summed E-state index contributed by atoms with van der Waals surface area (Å²) < 4.78 is 5.03. The number of carbonyl (C=O) groups excluding carboxylic acids is 1. The van der Waals surface area contributed by atoms with E-state index in [-0.39, 0.29) is 6.03 Å². The molecule has 0 heterocycles. The minimum absolute atomic E-state index is 0.0974. The minimum atomic E-state index is -0.0974. The molecule has 1 N–H and O–H groups in total. The molecular weight excluding hydrogens is 302 g/mol. The number of anilines is 1. The molecule has 0 saturated heterocycles. The number of ether oxygens (including phenoxy) is 1. The molecule has 0 bridgehead atoms. The molecule has 2 rings (SSSR count). The van der Waals surface area contributed by atoms with Crippen LogP contribution in [0.4, 0.5) is 10.5 Å². The highest BCUT2D eigenvalue weighted by Crippen LogP contribution is 2.25. The van der Waals surface area contributed by atoms with Gasteiger partial charge in [0.05, 0.1) is 6.61 Å². The van der Waals surface area contributed by atoms with Crippen molar-refractivity contribution < 1.29 is 9.53 Å². The van der Waals surface area contributed by atoms with E-state index >= 15 is 0 Å². The third-order valence-corrected chi connectivity index (χ3v) is 4.85. The van der Waals surface area contributed by atoms with E-state index in [0.717, 1.165) is 12.2 Å². The second kappa shape index (κ2) is 9.64. The van der Waals surface area contributed by atoms with Crippen LogP contribution < -0.4 is 5.32 Å². The van der Waals surface area contributed by atoms with Gasteiger partial charge >= 0.3 is 6.03 Å². The molecule has 134 valence electrons. The number of nitrogens with zero attached hydrogens (tertiary/aromatic N) is 2. The number of likely N-dealkylation sites (N-methyl/N-ethyl adjacent to an activating group) is 1. The van der Waals surface area contributed by atoms with E-state index in [2.05, 4.69) is 23.3 Å². The Morgan fingerprint density at radius 1 is 1.21 bits per heavy atom. The van der Waals surface area contributed by atoms with E-state index in [1.54, 1.807) is 19.1 Å². The summed E-state index contributed by atoms with van der Waals surface area (Å²) in [4.78, 5) is 16.4. The van der Waals surface area contributed by atoms with Gasteiger partial charge in [-0.3, -0.25) is 4.90 Å². The molecular formula is C19H31N3O2. The molecule has 0 unspecified atom stereocenters. The molecule has 0 radical (unpaired) electrons. The first kappa shape index (κ1) is 18.7. The number of nitrogens with one attached hydrogen (secondary N) is 1. The lowest BCUT2D eigenvalue weighted by atomic mass is 9.94. The first-order chi connectivity index (χ1) is 11.6. The Balaban J connectivity index is 1.97. The zero-order valence-corrected chi connectivity index (χ0v) is 15.3. The lowest BCUT2D eigenvalue weighted by Gasteiger charge is -2.31. The summed E-state index contributed by atoms with van der Waals surface area (Å²) in [5.41, 5.74) is 2.06. The SMILES string of the molecule is COCCN(C)C(=O)Nc1ccccc1CN(C)C1CCCCC1. The molecule has 5 nitrogen and oxygen atoms in total. The molecule has 2 amide bonds. The molecule has 1 aromatic carbocycles. The lowest BCUT2D eigenvalue weighted by molar-refractivity contribution is 0.165. The average Bonchev–Trinajstić information content (AvgIpc) is 2.61. The highest BCUT2D eigenvalue weighted by molar-refractivity contribution is 5.90. The van der Waals surface area contributed by atoms with Crippen LogP contribution in [0, 0.1) is 0 Å². The molecule has 1 aliphatic carbocycles. The standard InChI is InChI=1S/C19H31N3O2/c1-21(13-14-24-3)19(23)20-18-12-8-7-9-16(18)15-22(2)17-10-5-4-6-11-17/h7-9,12,17H,4-6,10-11,13-15H2,1-3H3,(H,20,23).